The average molecular weight is 477 g/mol. The lowest BCUT2D eigenvalue weighted by Gasteiger charge is -2.27. The number of benzene rings is 2. The van der Waals surface area contributed by atoms with Crippen LogP contribution in [0.1, 0.15) is 46.8 Å². The molecule has 8 heteroatoms. The lowest BCUT2D eigenvalue weighted by molar-refractivity contribution is 0.0302. The number of alkyl carbamates (subject to hydrolysis) is 1. The van der Waals surface area contributed by atoms with E-state index in [0.29, 0.717) is 50.6 Å². The first-order valence-electron chi connectivity index (χ1n) is 11.8. The highest BCUT2D eigenvalue weighted by atomic mass is 16.5. The minimum atomic E-state index is -0.616. The van der Waals surface area contributed by atoms with Crippen LogP contribution in [0, 0.1) is 24.2 Å². The number of amides is 2. The summed E-state index contributed by atoms with van der Waals surface area (Å²) in [5.74, 6) is 6.23. The Morgan fingerprint density at radius 2 is 1.89 bits per heavy atom. The molecule has 3 N–H and O–H groups in total. The zero-order chi connectivity index (χ0) is 25.0. The van der Waals surface area contributed by atoms with Crippen LogP contribution in [0.5, 0.6) is 0 Å². The van der Waals surface area contributed by atoms with Crippen molar-refractivity contribution in [3.8, 4) is 11.8 Å². The van der Waals surface area contributed by atoms with Gasteiger partial charge in [0.05, 0.1) is 26.4 Å². The van der Waals surface area contributed by atoms with E-state index in [4.69, 9.17) is 14.9 Å². The van der Waals surface area contributed by atoms with Gasteiger partial charge in [0.2, 0.25) is 0 Å². The molecule has 0 saturated carbocycles. The van der Waals surface area contributed by atoms with Crippen LogP contribution in [0.15, 0.2) is 42.5 Å². The van der Waals surface area contributed by atoms with E-state index in [9.17, 15) is 9.59 Å². The third kappa shape index (κ3) is 7.87. The fraction of sp³-hybridized carbons (Fsp3) is 0.370. The molecule has 8 nitrogen and oxygen atoms in total. The van der Waals surface area contributed by atoms with E-state index >= 15 is 0 Å². The highest BCUT2D eigenvalue weighted by Crippen LogP contribution is 2.14. The molecule has 2 aromatic rings. The zero-order valence-electron chi connectivity index (χ0n) is 20.3. The summed E-state index contributed by atoms with van der Waals surface area (Å²) in [6.07, 6.45) is 1.12. The first-order valence-corrected chi connectivity index (χ1v) is 11.8. The average Bonchev–Trinajstić information content (AvgIpc) is 2.87. The van der Waals surface area contributed by atoms with Gasteiger partial charge in [-0.25, -0.2) is 4.79 Å². The Bertz CT molecular complexity index is 1100. The zero-order valence-corrected chi connectivity index (χ0v) is 20.3. The monoisotopic (exact) mass is 476 g/mol. The van der Waals surface area contributed by atoms with E-state index in [1.807, 2.05) is 49.1 Å². The van der Waals surface area contributed by atoms with E-state index in [1.165, 1.54) is 0 Å². The van der Waals surface area contributed by atoms with E-state index in [0.717, 1.165) is 29.7 Å². The number of carbonyl (C=O) groups is 2. The van der Waals surface area contributed by atoms with Crippen molar-refractivity contribution in [3.63, 3.8) is 0 Å². The number of carbonyl (C=O) groups excluding carboxylic acids is 2. The first-order chi connectivity index (χ1) is 17.0. The van der Waals surface area contributed by atoms with Crippen molar-refractivity contribution in [2.45, 2.75) is 26.7 Å². The molecule has 1 fully saturated rings. The molecule has 0 radical (unpaired) electrons. The summed E-state index contributed by atoms with van der Waals surface area (Å²) in [6.45, 7) is 7.12. The lowest BCUT2D eigenvalue weighted by Crippen LogP contribution is -2.40. The number of morpholine rings is 1. The topological polar surface area (TPSA) is 104 Å². The Kier molecular flexibility index (Phi) is 9.69. The summed E-state index contributed by atoms with van der Waals surface area (Å²) in [5, 5.41) is 13.7. The van der Waals surface area contributed by atoms with E-state index in [2.05, 4.69) is 22.5 Å². The van der Waals surface area contributed by atoms with Crippen molar-refractivity contribution in [3.05, 3.63) is 64.7 Å². The fourth-order valence-electron chi connectivity index (χ4n) is 3.48. The number of nitrogens with one attached hydrogen (secondary N) is 3. The third-order valence-corrected chi connectivity index (χ3v) is 5.50. The molecule has 0 bridgehead atoms. The Hall–Kier alpha value is -3.83. The first kappa shape index (κ1) is 25.8. The van der Waals surface area contributed by atoms with Crippen molar-refractivity contribution in [1.82, 2.24) is 10.2 Å². The number of unbranched alkanes of at least 4 members (excludes halogenated alkanes) is 1. The Labute approximate surface area is 206 Å². The molecule has 1 aliphatic rings. The van der Waals surface area contributed by atoms with Gasteiger partial charge in [-0.1, -0.05) is 25.2 Å². The Balaban J connectivity index is 1.48. The van der Waals surface area contributed by atoms with Crippen molar-refractivity contribution >= 4 is 23.5 Å². The van der Waals surface area contributed by atoms with Gasteiger partial charge in [-0.3, -0.25) is 15.5 Å². The van der Waals surface area contributed by atoms with Crippen molar-refractivity contribution in [2.24, 2.45) is 0 Å². The molecule has 0 atom stereocenters. The molecule has 0 aromatic heterocycles. The second-order valence-corrected chi connectivity index (χ2v) is 8.16. The molecule has 184 valence electrons. The maximum atomic E-state index is 12.7. The second-order valence-electron chi connectivity index (χ2n) is 8.16. The van der Waals surface area contributed by atoms with Crippen LogP contribution in [0.25, 0.3) is 0 Å². The van der Waals surface area contributed by atoms with Crippen LogP contribution in [0.2, 0.25) is 0 Å². The highest BCUT2D eigenvalue weighted by Gasteiger charge is 2.19. The standard InChI is InChI=1S/C27H32N4O4/c1-3-4-16-35-27(33)30-25(28)22-8-10-23(11-9-22)29-13-5-6-21-7-12-24(20(2)19-21)26(32)31-14-17-34-18-15-31/h7-12,19,29H,3-4,13-18H2,1-2H3,(H2,28,30,33). The van der Waals surface area contributed by atoms with Crippen molar-refractivity contribution in [1.29, 1.82) is 5.41 Å². The van der Waals surface area contributed by atoms with Crippen LogP contribution in [-0.2, 0) is 9.47 Å². The number of hydrogen-bond donors (Lipinski definition) is 3. The van der Waals surface area contributed by atoms with Gasteiger partial charge in [-0.05, 0) is 61.4 Å². The molecule has 0 aliphatic carbocycles. The predicted octanol–water partition coefficient (Wildman–Crippen LogP) is 3.78. The predicted molar refractivity (Wildman–Crippen MR) is 136 cm³/mol. The number of nitrogens with zero attached hydrogens (tertiary/aromatic N) is 1. The number of anilines is 1. The number of rotatable bonds is 7. The van der Waals surface area contributed by atoms with Gasteiger partial charge in [-0.2, -0.15) is 0 Å². The van der Waals surface area contributed by atoms with Gasteiger partial charge in [0.15, 0.2) is 0 Å². The third-order valence-electron chi connectivity index (χ3n) is 5.50. The highest BCUT2D eigenvalue weighted by molar-refractivity contribution is 6.04. The second kappa shape index (κ2) is 13.2. The molecule has 2 aromatic carbocycles. The van der Waals surface area contributed by atoms with Crippen LogP contribution in [0.3, 0.4) is 0 Å². The normalized spacial score (nSPS) is 12.8. The van der Waals surface area contributed by atoms with Gasteiger partial charge < -0.3 is 19.7 Å². The molecule has 0 spiro atoms. The quantitative estimate of drug-likeness (QED) is 0.244. The number of amidine groups is 1. The molecule has 1 aliphatic heterocycles. The summed E-state index contributed by atoms with van der Waals surface area (Å²) in [6, 6.07) is 12.8. The summed E-state index contributed by atoms with van der Waals surface area (Å²) < 4.78 is 10.3. The van der Waals surface area contributed by atoms with Gasteiger partial charge in [0, 0.05) is 35.5 Å². The van der Waals surface area contributed by atoms with Crippen LogP contribution >= 0.6 is 0 Å². The minimum Gasteiger partial charge on any atom is -0.449 e. The Morgan fingerprint density at radius 3 is 2.57 bits per heavy atom. The summed E-state index contributed by atoms with van der Waals surface area (Å²) in [4.78, 5) is 26.2. The maximum Gasteiger partial charge on any atom is 0.412 e. The van der Waals surface area contributed by atoms with Crippen molar-refractivity contribution in [2.75, 3.05) is 44.8 Å². The minimum absolute atomic E-state index is 0.0104. The molecule has 2 amide bonds. The molecule has 1 heterocycles. The smallest absolute Gasteiger partial charge is 0.412 e. The number of aryl methyl sites for hydroxylation is 1. The van der Waals surface area contributed by atoms with Crippen molar-refractivity contribution < 1.29 is 19.1 Å². The van der Waals surface area contributed by atoms with Gasteiger partial charge in [0.25, 0.3) is 5.91 Å². The summed E-state index contributed by atoms with van der Waals surface area (Å²) in [5.41, 5.74) is 3.89. The number of hydrogen-bond acceptors (Lipinski definition) is 6. The molecule has 1 saturated heterocycles. The molecule has 0 unspecified atom stereocenters. The lowest BCUT2D eigenvalue weighted by atomic mass is 10.0. The molecule has 3 rings (SSSR count). The number of ether oxygens (including phenoxy) is 2. The molecule has 35 heavy (non-hydrogen) atoms. The SMILES string of the molecule is CCCCOC(=O)NC(=N)c1ccc(NCC#Cc2ccc(C(=O)N3CCOCC3)c(C)c2)cc1. The molecular weight excluding hydrogens is 444 g/mol. The van der Waals surface area contributed by atoms with Gasteiger partial charge >= 0.3 is 6.09 Å². The van der Waals surface area contributed by atoms with Gasteiger partial charge in [-0.15, -0.1) is 0 Å². The fourth-order valence-corrected chi connectivity index (χ4v) is 3.48. The van der Waals surface area contributed by atoms with Crippen LogP contribution in [-0.4, -0.2) is 62.2 Å². The maximum absolute atomic E-state index is 12.7. The van der Waals surface area contributed by atoms with Crippen LogP contribution in [0.4, 0.5) is 10.5 Å². The van der Waals surface area contributed by atoms with Gasteiger partial charge in [0.1, 0.15) is 5.84 Å². The van der Waals surface area contributed by atoms with E-state index in [1.54, 1.807) is 12.1 Å². The summed E-state index contributed by atoms with van der Waals surface area (Å²) >= 11 is 0. The van der Waals surface area contributed by atoms with E-state index < -0.39 is 6.09 Å². The van der Waals surface area contributed by atoms with Crippen LogP contribution < -0.4 is 10.6 Å². The molecular formula is C27H32N4O4. The van der Waals surface area contributed by atoms with E-state index in [-0.39, 0.29) is 11.7 Å². The summed E-state index contributed by atoms with van der Waals surface area (Å²) in [7, 11) is 0. The Morgan fingerprint density at radius 1 is 1.14 bits per heavy atom. The largest absolute Gasteiger partial charge is 0.449 e.